The Bertz CT molecular complexity index is 3090. The molecule has 0 atom stereocenters. The first-order chi connectivity index (χ1) is 27.0. The molecule has 0 aliphatic heterocycles. The van der Waals surface area contributed by atoms with E-state index in [9.17, 15) is 0 Å². The predicted octanol–water partition coefficient (Wildman–Crippen LogP) is 14.7. The third kappa shape index (κ3) is 4.66. The first-order valence-electron chi connectivity index (χ1n) is 19.0. The highest BCUT2D eigenvalue weighted by molar-refractivity contribution is 7.25. The summed E-state index contributed by atoms with van der Waals surface area (Å²) in [5, 5.41) is 4.89. The summed E-state index contributed by atoms with van der Waals surface area (Å²) in [7, 11) is 0. The van der Waals surface area contributed by atoms with E-state index < -0.39 is 5.41 Å². The number of fused-ring (bicyclic) bond motifs is 9. The van der Waals surface area contributed by atoms with Gasteiger partial charge in [-0.1, -0.05) is 121 Å². The van der Waals surface area contributed by atoms with Crippen molar-refractivity contribution in [3.05, 3.63) is 209 Å². The van der Waals surface area contributed by atoms with Crippen molar-refractivity contribution in [3.63, 3.8) is 0 Å². The van der Waals surface area contributed by atoms with E-state index in [1.807, 2.05) is 11.3 Å². The average molecular weight is 724 g/mol. The molecule has 2 heterocycles. The van der Waals surface area contributed by atoms with Crippen LogP contribution >= 0.6 is 11.3 Å². The Balaban J connectivity index is 1.16. The summed E-state index contributed by atoms with van der Waals surface area (Å²) in [4.78, 5) is 2.40. The number of benzene rings is 8. The molecule has 0 amide bonds. The molecule has 0 spiro atoms. The van der Waals surface area contributed by atoms with Gasteiger partial charge in [-0.15, -0.1) is 11.3 Å². The number of rotatable bonds is 5. The van der Waals surface area contributed by atoms with Gasteiger partial charge in [0.05, 0.1) is 11.1 Å². The molecule has 0 radical (unpaired) electrons. The van der Waals surface area contributed by atoms with Gasteiger partial charge in [-0.2, -0.15) is 0 Å². The molecule has 1 aliphatic carbocycles. The van der Waals surface area contributed by atoms with Gasteiger partial charge in [0.1, 0.15) is 5.58 Å². The van der Waals surface area contributed by atoms with Gasteiger partial charge in [-0.25, -0.2) is 0 Å². The zero-order valence-corrected chi connectivity index (χ0v) is 31.7. The van der Waals surface area contributed by atoms with E-state index in [0.29, 0.717) is 0 Å². The molecule has 0 N–H and O–H groups in total. The van der Waals surface area contributed by atoms with Crippen molar-refractivity contribution >= 4 is 70.5 Å². The highest BCUT2D eigenvalue weighted by Crippen LogP contribution is 2.56. The van der Waals surface area contributed by atoms with Crippen LogP contribution in [0.2, 0.25) is 0 Å². The van der Waals surface area contributed by atoms with Crippen LogP contribution in [0.3, 0.4) is 0 Å². The lowest BCUT2D eigenvalue weighted by Crippen LogP contribution is -2.28. The van der Waals surface area contributed by atoms with Gasteiger partial charge < -0.3 is 9.32 Å². The number of anilines is 3. The van der Waals surface area contributed by atoms with Gasteiger partial charge in [0.2, 0.25) is 0 Å². The first-order valence-corrected chi connectivity index (χ1v) is 19.8. The molecule has 262 valence electrons. The number of nitrogens with zero attached hydrogens (tertiary/aromatic N) is 1. The normalized spacial score (nSPS) is 13.1. The maximum absolute atomic E-state index is 6.90. The Morgan fingerprint density at radius 3 is 1.78 bits per heavy atom. The first kappa shape index (κ1) is 32.0. The molecule has 0 fully saturated rings. The van der Waals surface area contributed by atoms with Gasteiger partial charge in [-0.3, -0.25) is 0 Å². The van der Waals surface area contributed by atoms with Gasteiger partial charge in [0, 0.05) is 42.3 Å². The highest BCUT2D eigenvalue weighted by atomic mass is 32.1. The van der Waals surface area contributed by atoms with Crippen molar-refractivity contribution in [2.75, 3.05) is 4.90 Å². The van der Waals surface area contributed by atoms with E-state index in [1.54, 1.807) is 0 Å². The molecular weight excluding hydrogens is 687 g/mol. The fraction of sp³-hybridized carbons (Fsp3) is 0.0769. The zero-order chi connectivity index (χ0) is 36.8. The summed E-state index contributed by atoms with van der Waals surface area (Å²) in [5.41, 5.74) is 15.9. The molecule has 11 rings (SSSR count). The van der Waals surface area contributed by atoms with Crippen LogP contribution in [-0.2, 0) is 5.41 Å². The zero-order valence-electron chi connectivity index (χ0n) is 30.9. The quantitative estimate of drug-likeness (QED) is 0.176. The van der Waals surface area contributed by atoms with Gasteiger partial charge >= 0.3 is 0 Å². The van der Waals surface area contributed by atoms with Gasteiger partial charge in [0.15, 0.2) is 5.58 Å². The van der Waals surface area contributed by atoms with Crippen LogP contribution in [0.5, 0.6) is 0 Å². The Kier molecular flexibility index (Phi) is 7.02. The van der Waals surface area contributed by atoms with E-state index in [2.05, 4.69) is 196 Å². The number of furan rings is 1. The lowest BCUT2D eigenvalue weighted by Gasteiger charge is -2.34. The Morgan fingerprint density at radius 2 is 1.04 bits per heavy atom. The monoisotopic (exact) mass is 723 g/mol. The smallest absolute Gasteiger partial charge is 0.159 e. The summed E-state index contributed by atoms with van der Waals surface area (Å²) >= 11 is 1.85. The van der Waals surface area contributed by atoms with Gasteiger partial charge in [-0.05, 0) is 119 Å². The second-order valence-electron chi connectivity index (χ2n) is 15.1. The SMILES string of the molecule is Cc1cc(C)c2oc3c(N(c4ccc(C5(c6ccccc6)c6ccccc6-c6ccccc65)cc4)c4ccc5c(c4)sc4ccccc45)cc(C)cc3c2c1. The fourth-order valence-electron chi connectivity index (χ4n) is 9.47. The maximum Gasteiger partial charge on any atom is 0.159 e. The third-order valence-electron chi connectivity index (χ3n) is 11.7. The minimum Gasteiger partial charge on any atom is -0.454 e. The van der Waals surface area contributed by atoms with Crippen molar-refractivity contribution in [1.82, 2.24) is 0 Å². The van der Waals surface area contributed by atoms with Crippen molar-refractivity contribution < 1.29 is 4.42 Å². The second-order valence-corrected chi connectivity index (χ2v) is 16.2. The molecule has 55 heavy (non-hydrogen) atoms. The standard InChI is InChI=1S/C52H37NOS/c1-32-27-34(3)50-43(28-32)44-29-33(2)30-47(51(44)54-50)53(38-25-26-42-41-17-9-12-20-48(41)55-49(42)31-38)37-23-21-36(22-24-37)52(35-13-5-4-6-14-35)45-18-10-7-15-39(45)40-16-8-11-19-46(40)52/h4-31H,1-3H3. The topological polar surface area (TPSA) is 16.4 Å². The predicted molar refractivity (Wildman–Crippen MR) is 233 cm³/mol. The van der Waals surface area contributed by atoms with Crippen molar-refractivity contribution in [1.29, 1.82) is 0 Å². The van der Waals surface area contributed by atoms with E-state index in [0.717, 1.165) is 44.6 Å². The summed E-state index contributed by atoms with van der Waals surface area (Å²) in [6.07, 6.45) is 0. The van der Waals surface area contributed by atoms with Crippen LogP contribution in [0, 0.1) is 20.8 Å². The molecule has 8 aromatic carbocycles. The summed E-state index contributed by atoms with van der Waals surface area (Å²) < 4.78 is 9.47. The molecule has 0 saturated heterocycles. The third-order valence-corrected chi connectivity index (χ3v) is 12.8. The van der Waals surface area contributed by atoms with E-state index in [-0.39, 0.29) is 0 Å². The summed E-state index contributed by atoms with van der Waals surface area (Å²) in [6.45, 7) is 6.51. The number of aryl methyl sites for hydroxylation is 3. The second kappa shape index (κ2) is 12.0. The molecule has 10 aromatic rings. The average Bonchev–Trinajstić information content (AvgIpc) is 3.87. The minimum atomic E-state index is -0.460. The van der Waals surface area contributed by atoms with Crippen LogP contribution < -0.4 is 4.90 Å². The van der Waals surface area contributed by atoms with Crippen LogP contribution in [0.4, 0.5) is 17.1 Å². The molecule has 1 aliphatic rings. The molecule has 0 saturated carbocycles. The van der Waals surface area contributed by atoms with Crippen molar-refractivity contribution in [2.24, 2.45) is 0 Å². The Hall–Kier alpha value is -6.42. The largest absolute Gasteiger partial charge is 0.454 e. The molecular formula is C52H37NOS. The number of thiophene rings is 1. The highest BCUT2D eigenvalue weighted by Gasteiger charge is 2.45. The molecule has 3 heteroatoms. The van der Waals surface area contributed by atoms with Crippen LogP contribution in [-0.4, -0.2) is 0 Å². The Labute approximate surface area is 324 Å². The van der Waals surface area contributed by atoms with E-state index in [1.165, 1.54) is 64.7 Å². The lowest BCUT2D eigenvalue weighted by atomic mass is 9.68. The fourth-order valence-corrected chi connectivity index (χ4v) is 10.6. The van der Waals surface area contributed by atoms with Crippen LogP contribution in [0.1, 0.15) is 38.9 Å². The molecule has 2 aromatic heterocycles. The van der Waals surface area contributed by atoms with Crippen molar-refractivity contribution in [3.8, 4) is 11.1 Å². The molecule has 2 nitrogen and oxygen atoms in total. The summed E-state index contributed by atoms with van der Waals surface area (Å²) in [5.74, 6) is 0. The molecule has 0 bridgehead atoms. The maximum atomic E-state index is 6.90. The molecule has 0 unspecified atom stereocenters. The van der Waals surface area contributed by atoms with Gasteiger partial charge in [0.25, 0.3) is 0 Å². The van der Waals surface area contributed by atoms with E-state index in [4.69, 9.17) is 4.42 Å². The number of hydrogen-bond donors (Lipinski definition) is 0. The van der Waals surface area contributed by atoms with Crippen molar-refractivity contribution in [2.45, 2.75) is 26.2 Å². The van der Waals surface area contributed by atoms with Crippen LogP contribution in [0.15, 0.2) is 174 Å². The Morgan fingerprint density at radius 1 is 0.455 bits per heavy atom. The van der Waals surface area contributed by atoms with Crippen LogP contribution in [0.25, 0.3) is 53.2 Å². The minimum absolute atomic E-state index is 0.460. The summed E-state index contributed by atoms with van der Waals surface area (Å²) in [6, 6.07) is 62.9. The van der Waals surface area contributed by atoms with E-state index >= 15 is 0 Å². The lowest BCUT2D eigenvalue weighted by molar-refractivity contribution is 0.665. The number of hydrogen-bond acceptors (Lipinski definition) is 3.